The van der Waals surface area contributed by atoms with Gasteiger partial charge in [0.05, 0.1) is 16.5 Å². The van der Waals surface area contributed by atoms with Crippen LogP contribution in [0.2, 0.25) is 0 Å². The van der Waals surface area contributed by atoms with Gasteiger partial charge in [0.15, 0.2) is 0 Å². The summed E-state index contributed by atoms with van der Waals surface area (Å²) in [5.41, 5.74) is -0.296. The summed E-state index contributed by atoms with van der Waals surface area (Å²) in [7, 11) is 0. The van der Waals surface area contributed by atoms with Crippen molar-refractivity contribution in [2.75, 3.05) is 10.6 Å². The largest absolute Gasteiger partial charge is 0.508 e. The lowest BCUT2D eigenvalue weighted by Gasteiger charge is -2.24. The van der Waals surface area contributed by atoms with E-state index in [1.165, 1.54) is 30.3 Å². The maximum Gasteiger partial charge on any atom is 0.416 e. The average molecular weight is 382 g/mol. The Balaban J connectivity index is 1.68. The van der Waals surface area contributed by atoms with Crippen molar-refractivity contribution in [3.8, 4) is 5.75 Å². The maximum absolute atomic E-state index is 12.7. The molecule has 2 aromatic rings. The van der Waals surface area contributed by atoms with Gasteiger partial charge in [-0.1, -0.05) is 0 Å². The SMILES string of the molecule is O=C(CC1Sc2ccc(C(F)(F)F)cc2NC1=O)Nc1ccc(O)cc1. The number of hydrogen-bond acceptors (Lipinski definition) is 4. The third kappa shape index (κ3) is 4.10. The van der Waals surface area contributed by atoms with Crippen molar-refractivity contribution in [3.05, 3.63) is 48.0 Å². The van der Waals surface area contributed by atoms with E-state index in [1.54, 1.807) is 0 Å². The van der Waals surface area contributed by atoms with Crippen LogP contribution in [-0.4, -0.2) is 22.2 Å². The van der Waals surface area contributed by atoms with Crippen molar-refractivity contribution in [2.24, 2.45) is 0 Å². The molecule has 0 aliphatic carbocycles. The van der Waals surface area contributed by atoms with Crippen LogP contribution in [0.15, 0.2) is 47.4 Å². The van der Waals surface area contributed by atoms with Crippen LogP contribution in [0.25, 0.3) is 0 Å². The average Bonchev–Trinajstić information content (AvgIpc) is 2.56. The molecule has 0 aromatic heterocycles. The van der Waals surface area contributed by atoms with E-state index in [9.17, 15) is 27.9 Å². The first-order valence-electron chi connectivity index (χ1n) is 7.50. The molecule has 0 bridgehead atoms. The van der Waals surface area contributed by atoms with Crippen LogP contribution in [0.4, 0.5) is 24.5 Å². The standard InChI is InChI=1S/C17H13F3N2O3S/c18-17(19,20)9-1-6-13-12(7-9)22-16(25)14(26-13)8-15(24)21-10-2-4-11(23)5-3-10/h1-7,14,23H,8H2,(H,21,24)(H,22,25). The lowest BCUT2D eigenvalue weighted by atomic mass is 10.1. The molecule has 1 unspecified atom stereocenters. The minimum absolute atomic E-state index is 0.0556. The molecule has 2 amide bonds. The fraction of sp³-hybridized carbons (Fsp3) is 0.176. The smallest absolute Gasteiger partial charge is 0.416 e. The van der Waals surface area contributed by atoms with E-state index >= 15 is 0 Å². The number of phenolic OH excluding ortho intramolecular Hbond substituents is 1. The first-order chi connectivity index (χ1) is 12.2. The molecule has 5 nitrogen and oxygen atoms in total. The van der Waals surface area contributed by atoms with E-state index in [2.05, 4.69) is 10.6 Å². The molecule has 1 heterocycles. The molecule has 26 heavy (non-hydrogen) atoms. The fourth-order valence-electron chi connectivity index (χ4n) is 2.39. The highest BCUT2D eigenvalue weighted by Crippen LogP contribution is 2.40. The summed E-state index contributed by atoms with van der Waals surface area (Å²) in [4.78, 5) is 24.7. The number of benzene rings is 2. The topological polar surface area (TPSA) is 78.4 Å². The van der Waals surface area contributed by atoms with Crippen molar-refractivity contribution in [3.63, 3.8) is 0 Å². The molecule has 2 aromatic carbocycles. The maximum atomic E-state index is 12.7. The zero-order valence-corrected chi connectivity index (χ0v) is 13.9. The van der Waals surface area contributed by atoms with Crippen molar-refractivity contribution < 1.29 is 27.9 Å². The fourth-order valence-corrected chi connectivity index (χ4v) is 3.48. The number of anilines is 2. The molecule has 1 aliphatic heterocycles. The zero-order valence-electron chi connectivity index (χ0n) is 13.1. The highest BCUT2D eigenvalue weighted by molar-refractivity contribution is 8.01. The number of alkyl halides is 3. The van der Waals surface area contributed by atoms with Gasteiger partial charge in [0, 0.05) is 17.0 Å². The second kappa shape index (κ2) is 6.91. The minimum Gasteiger partial charge on any atom is -0.508 e. The van der Waals surface area contributed by atoms with Gasteiger partial charge in [0.1, 0.15) is 5.75 Å². The summed E-state index contributed by atoms with van der Waals surface area (Å²) >= 11 is 1.05. The number of carbonyl (C=O) groups is 2. The van der Waals surface area contributed by atoms with Crippen LogP contribution in [-0.2, 0) is 15.8 Å². The normalized spacial score (nSPS) is 16.6. The van der Waals surface area contributed by atoms with Crippen molar-refractivity contribution in [1.82, 2.24) is 0 Å². The molecule has 0 spiro atoms. The van der Waals surface area contributed by atoms with Crippen molar-refractivity contribution in [2.45, 2.75) is 22.7 Å². The Morgan fingerprint density at radius 3 is 2.54 bits per heavy atom. The van der Waals surface area contributed by atoms with Crippen LogP contribution in [0.1, 0.15) is 12.0 Å². The molecule has 3 rings (SSSR count). The van der Waals surface area contributed by atoms with Gasteiger partial charge >= 0.3 is 6.18 Å². The highest BCUT2D eigenvalue weighted by Gasteiger charge is 2.34. The van der Waals surface area contributed by atoms with Gasteiger partial charge in [-0.25, -0.2) is 0 Å². The van der Waals surface area contributed by atoms with Gasteiger partial charge < -0.3 is 15.7 Å². The molecule has 3 N–H and O–H groups in total. The number of nitrogens with one attached hydrogen (secondary N) is 2. The zero-order chi connectivity index (χ0) is 18.9. The van der Waals surface area contributed by atoms with Crippen LogP contribution in [0.3, 0.4) is 0 Å². The number of thioether (sulfide) groups is 1. The number of phenols is 1. The van der Waals surface area contributed by atoms with E-state index in [1.807, 2.05) is 0 Å². The van der Waals surface area contributed by atoms with Gasteiger partial charge in [0.25, 0.3) is 0 Å². The highest BCUT2D eigenvalue weighted by atomic mass is 32.2. The predicted molar refractivity (Wildman–Crippen MR) is 91.1 cm³/mol. The summed E-state index contributed by atoms with van der Waals surface area (Å²) in [5, 5.41) is 13.5. The molecular weight excluding hydrogens is 369 g/mol. The van der Waals surface area contributed by atoms with E-state index in [0.29, 0.717) is 10.6 Å². The summed E-state index contributed by atoms with van der Waals surface area (Å²) in [6.45, 7) is 0. The number of aromatic hydroxyl groups is 1. The Bertz CT molecular complexity index is 853. The lowest BCUT2D eigenvalue weighted by Crippen LogP contribution is -2.32. The quantitative estimate of drug-likeness (QED) is 0.705. The van der Waals surface area contributed by atoms with Gasteiger partial charge in [-0.3, -0.25) is 9.59 Å². The molecule has 1 atom stereocenters. The number of hydrogen-bond donors (Lipinski definition) is 3. The summed E-state index contributed by atoms with van der Waals surface area (Å²) < 4.78 is 38.2. The van der Waals surface area contributed by atoms with Crippen LogP contribution >= 0.6 is 11.8 Å². The Labute approximate surface area is 150 Å². The summed E-state index contributed by atoms with van der Waals surface area (Å²) in [6.07, 6.45) is -4.64. The van der Waals surface area contributed by atoms with Gasteiger partial charge in [-0.15, -0.1) is 11.8 Å². The summed E-state index contributed by atoms with van der Waals surface area (Å²) in [6, 6.07) is 8.94. The Morgan fingerprint density at radius 2 is 1.88 bits per heavy atom. The molecular formula is C17H13F3N2O3S. The van der Waals surface area contributed by atoms with E-state index in [0.717, 1.165) is 23.9 Å². The van der Waals surface area contributed by atoms with Gasteiger partial charge in [-0.2, -0.15) is 13.2 Å². The number of halogens is 3. The molecule has 0 fully saturated rings. The van der Waals surface area contributed by atoms with E-state index in [4.69, 9.17) is 0 Å². The third-order valence-corrected chi connectivity index (χ3v) is 4.92. The first-order valence-corrected chi connectivity index (χ1v) is 8.38. The Kier molecular flexibility index (Phi) is 4.82. The number of amides is 2. The Hall–Kier alpha value is -2.68. The number of fused-ring (bicyclic) bond motifs is 1. The van der Waals surface area contributed by atoms with E-state index in [-0.39, 0.29) is 17.9 Å². The molecule has 0 saturated heterocycles. The predicted octanol–water partition coefficient (Wildman–Crippen LogP) is 3.85. The molecule has 0 saturated carbocycles. The third-order valence-electron chi connectivity index (χ3n) is 3.65. The second-order valence-corrected chi connectivity index (χ2v) is 6.85. The van der Waals surface area contributed by atoms with Crippen LogP contribution < -0.4 is 10.6 Å². The Morgan fingerprint density at radius 1 is 1.19 bits per heavy atom. The van der Waals surface area contributed by atoms with Crippen LogP contribution in [0, 0.1) is 0 Å². The molecule has 0 radical (unpaired) electrons. The number of carbonyl (C=O) groups excluding carboxylic acids is 2. The minimum atomic E-state index is -4.49. The van der Waals surface area contributed by atoms with Crippen molar-refractivity contribution in [1.29, 1.82) is 0 Å². The summed E-state index contributed by atoms with van der Waals surface area (Å²) in [5.74, 6) is -0.888. The monoisotopic (exact) mass is 382 g/mol. The molecule has 9 heteroatoms. The van der Waals surface area contributed by atoms with E-state index < -0.39 is 28.8 Å². The van der Waals surface area contributed by atoms with Gasteiger partial charge in [0.2, 0.25) is 11.8 Å². The lowest BCUT2D eigenvalue weighted by molar-refractivity contribution is -0.137. The number of rotatable bonds is 3. The molecule has 136 valence electrons. The second-order valence-electron chi connectivity index (χ2n) is 5.60. The van der Waals surface area contributed by atoms with Crippen LogP contribution in [0.5, 0.6) is 5.75 Å². The molecule has 1 aliphatic rings. The first kappa shape index (κ1) is 18.1. The van der Waals surface area contributed by atoms with Gasteiger partial charge in [-0.05, 0) is 42.5 Å². The van der Waals surface area contributed by atoms with Crippen molar-refractivity contribution >= 4 is 35.0 Å².